The van der Waals surface area contributed by atoms with Gasteiger partial charge in [-0.2, -0.15) is 0 Å². The van der Waals surface area contributed by atoms with Gasteiger partial charge >= 0.3 is 5.97 Å². The second-order valence-corrected chi connectivity index (χ2v) is 8.74. The van der Waals surface area contributed by atoms with Crippen molar-refractivity contribution < 1.29 is 19.7 Å². The molecule has 0 amide bonds. The van der Waals surface area contributed by atoms with Crippen LogP contribution in [0.2, 0.25) is 0 Å². The Morgan fingerprint density at radius 3 is 2.66 bits per heavy atom. The van der Waals surface area contributed by atoms with E-state index in [1.807, 2.05) is 36.4 Å². The van der Waals surface area contributed by atoms with E-state index in [-0.39, 0.29) is 23.9 Å². The van der Waals surface area contributed by atoms with Crippen molar-refractivity contribution in [2.75, 3.05) is 25.6 Å². The Balaban J connectivity index is 0.00000245. The van der Waals surface area contributed by atoms with Crippen LogP contribution >= 0.6 is 12.4 Å². The van der Waals surface area contributed by atoms with Gasteiger partial charge in [0.2, 0.25) is 0 Å². The highest BCUT2D eigenvalue weighted by atomic mass is 35.5. The van der Waals surface area contributed by atoms with E-state index in [1.165, 1.54) is 18.2 Å². The first-order chi connectivity index (χ1) is 15.1. The number of methoxy groups -OCH3 is 1. The van der Waals surface area contributed by atoms with Crippen LogP contribution < -0.4 is 5.32 Å². The number of para-hydroxylation sites is 1. The molecule has 0 saturated carbocycles. The summed E-state index contributed by atoms with van der Waals surface area (Å²) in [6.07, 6.45) is 0.439. The number of anilines is 1. The molecule has 4 unspecified atom stereocenters. The normalized spacial score (nSPS) is 27.0. The third kappa shape index (κ3) is 3.33. The maximum absolute atomic E-state index is 12.9. The Morgan fingerprint density at radius 2 is 1.94 bits per heavy atom. The standard InChI is InChI=1S/C25H28N2O4.ClH/c1-31-24(30)22-17(20(29)15-28)13-21-25(18-9-5-6-10-19(18)26-23(22)25)11-12-27(21)14-16-7-3-2-4-8-16;/h2-10,17,20-21,26,28-29H,11-15H2,1H3;1H. The molecule has 1 saturated heterocycles. The van der Waals surface area contributed by atoms with E-state index in [2.05, 4.69) is 28.4 Å². The number of ether oxygens (including phenoxy) is 1. The second kappa shape index (κ2) is 8.87. The predicted molar refractivity (Wildman–Crippen MR) is 124 cm³/mol. The van der Waals surface area contributed by atoms with E-state index in [1.54, 1.807) is 0 Å². The molecule has 7 heteroatoms. The van der Waals surface area contributed by atoms with Gasteiger partial charge in [0.15, 0.2) is 0 Å². The molecular formula is C25H29ClN2O4. The molecule has 4 atom stereocenters. The number of aliphatic hydroxyl groups excluding tert-OH is 2. The van der Waals surface area contributed by atoms with Gasteiger partial charge in [-0.25, -0.2) is 4.79 Å². The smallest absolute Gasteiger partial charge is 0.335 e. The summed E-state index contributed by atoms with van der Waals surface area (Å²) in [6.45, 7) is 1.29. The van der Waals surface area contributed by atoms with E-state index in [9.17, 15) is 15.0 Å². The minimum Gasteiger partial charge on any atom is -0.466 e. The quantitative estimate of drug-likeness (QED) is 0.600. The zero-order chi connectivity index (χ0) is 21.6. The molecule has 170 valence electrons. The topological polar surface area (TPSA) is 82.0 Å². The number of hydrogen-bond donors (Lipinski definition) is 3. The lowest BCUT2D eigenvalue weighted by Gasteiger charge is -2.44. The maximum atomic E-state index is 12.9. The van der Waals surface area contributed by atoms with Gasteiger partial charge in [-0.15, -0.1) is 12.4 Å². The fourth-order valence-corrected chi connectivity index (χ4v) is 5.97. The van der Waals surface area contributed by atoms with Crippen LogP contribution in [0.15, 0.2) is 65.9 Å². The molecule has 32 heavy (non-hydrogen) atoms. The van der Waals surface area contributed by atoms with Gasteiger partial charge in [0.1, 0.15) is 0 Å². The van der Waals surface area contributed by atoms with Crippen LogP contribution in [0, 0.1) is 5.92 Å². The molecule has 2 heterocycles. The van der Waals surface area contributed by atoms with Gasteiger partial charge in [-0.3, -0.25) is 4.90 Å². The number of hydrogen-bond acceptors (Lipinski definition) is 6. The van der Waals surface area contributed by atoms with Gasteiger partial charge in [0.25, 0.3) is 0 Å². The first kappa shape index (κ1) is 22.8. The lowest BCUT2D eigenvalue weighted by atomic mass is 9.63. The maximum Gasteiger partial charge on any atom is 0.335 e. The predicted octanol–water partition coefficient (Wildman–Crippen LogP) is 2.85. The number of carbonyl (C=O) groups excluding carboxylic acids is 1. The van der Waals surface area contributed by atoms with Crippen LogP contribution in [0.3, 0.4) is 0 Å². The molecule has 1 aliphatic carbocycles. The molecule has 3 N–H and O–H groups in total. The van der Waals surface area contributed by atoms with Crippen molar-refractivity contribution in [3.8, 4) is 0 Å². The zero-order valence-electron chi connectivity index (χ0n) is 18.0. The molecular weight excluding hydrogens is 428 g/mol. The highest BCUT2D eigenvalue weighted by molar-refractivity contribution is 5.93. The number of rotatable bonds is 5. The largest absolute Gasteiger partial charge is 0.466 e. The highest BCUT2D eigenvalue weighted by Crippen LogP contribution is 2.59. The summed E-state index contributed by atoms with van der Waals surface area (Å²) >= 11 is 0. The van der Waals surface area contributed by atoms with Crippen molar-refractivity contribution in [1.82, 2.24) is 4.90 Å². The van der Waals surface area contributed by atoms with Crippen LogP contribution in [0.4, 0.5) is 5.69 Å². The van der Waals surface area contributed by atoms with Gasteiger partial charge in [0, 0.05) is 36.4 Å². The number of nitrogens with one attached hydrogen (secondary N) is 1. The van der Waals surface area contributed by atoms with E-state index in [0.717, 1.165) is 30.9 Å². The average Bonchev–Trinajstić information content (AvgIpc) is 3.34. The summed E-state index contributed by atoms with van der Waals surface area (Å²) in [6, 6.07) is 18.7. The number of halogens is 1. The van der Waals surface area contributed by atoms with E-state index < -0.39 is 24.6 Å². The minimum absolute atomic E-state index is 0. The second-order valence-electron chi connectivity index (χ2n) is 8.74. The molecule has 5 rings (SSSR count). The van der Waals surface area contributed by atoms with Crippen LogP contribution in [-0.2, 0) is 21.5 Å². The van der Waals surface area contributed by atoms with Crippen molar-refractivity contribution in [2.45, 2.75) is 36.9 Å². The molecule has 0 radical (unpaired) electrons. The third-order valence-corrected chi connectivity index (χ3v) is 7.32. The molecule has 0 bridgehead atoms. The Hall–Kier alpha value is -2.38. The van der Waals surface area contributed by atoms with Crippen molar-refractivity contribution in [1.29, 1.82) is 0 Å². The molecule has 2 aromatic rings. The van der Waals surface area contributed by atoms with Gasteiger partial charge in [-0.1, -0.05) is 48.5 Å². The Bertz CT molecular complexity index is 1030. The summed E-state index contributed by atoms with van der Waals surface area (Å²) in [7, 11) is 1.37. The average molecular weight is 457 g/mol. The lowest BCUT2D eigenvalue weighted by Crippen LogP contribution is -2.51. The van der Waals surface area contributed by atoms with Crippen LogP contribution in [0.1, 0.15) is 24.0 Å². The Labute approximate surface area is 194 Å². The number of aliphatic hydroxyl groups is 2. The number of esters is 1. The van der Waals surface area contributed by atoms with E-state index in [0.29, 0.717) is 12.0 Å². The Morgan fingerprint density at radius 1 is 1.22 bits per heavy atom. The molecule has 0 aromatic heterocycles. The van der Waals surface area contributed by atoms with Crippen LogP contribution in [0.25, 0.3) is 0 Å². The fraction of sp³-hybridized carbons (Fsp3) is 0.400. The van der Waals surface area contributed by atoms with Crippen molar-refractivity contribution in [2.24, 2.45) is 5.92 Å². The fourth-order valence-electron chi connectivity index (χ4n) is 5.97. The molecule has 3 aliphatic rings. The summed E-state index contributed by atoms with van der Waals surface area (Å²) in [5, 5.41) is 24.0. The molecule has 6 nitrogen and oxygen atoms in total. The third-order valence-electron chi connectivity index (χ3n) is 7.32. The first-order valence-corrected chi connectivity index (χ1v) is 10.9. The molecule has 2 aromatic carbocycles. The number of benzene rings is 2. The van der Waals surface area contributed by atoms with Gasteiger partial charge in [-0.05, 0) is 30.0 Å². The SMILES string of the molecule is COC(=O)C1=C2Nc3ccccc3C23CCN(Cc2ccccc2)C3CC1C(O)CO.Cl. The van der Waals surface area contributed by atoms with Crippen LogP contribution in [0.5, 0.6) is 0 Å². The summed E-state index contributed by atoms with van der Waals surface area (Å²) in [5.41, 5.74) is 4.40. The van der Waals surface area contributed by atoms with Gasteiger partial charge < -0.3 is 20.3 Å². The van der Waals surface area contributed by atoms with Crippen molar-refractivity contribution in [3.63, 3.8) is 0 Å². The number of likely N-dealkylation sites (tertiary alicyclic amines) is 1. The molecule has 2 aliphatic heterocycles. The van der Waals surface area contributed by atoms with Crippen molar-refractivity contribution >= 4 is 24.1 Å². The number of carbonyl (C=O) groups is 1. The lowest BCUT2D eigenvalue weighted by molar-refractivity contribution is -0.138. The van der Waals surface area contributed by atoms with E-state index >= 15 is 0 Å². The number of fused-ring (bicyclic) bond motifs is 1. The summed E-state index contributed by atoms with van der Waals surface area (Å²) in [5.74, 6) is -0.934. The monoisotopic (exact) mass is 456 g/mol. The van der Waals surface area contributed by atoms with Gasteiger partial charge in [0.05, 0.1) is 30.8 Å². The highest BCUT2D eigenvalue weighted by Gasteiger charge is 2.60. The molecule has 1 fully saturated rings. The van der Waals surface area contributed by atoms with Crippen LogP contribution in [-0.4, -0.2) is 53.5 Å². The zero-order valence-corrected chi connectivity index (χ0v) is 18.8. The number of nitrogens with zero attached hydrogens (tertiary/aromatic N) is 1. The first-order valence-electron chi connectivity index (χ1n) is 10.9. The minimum atomic E-state index is -1.02. The summed E-state index contributed by atoms with van der Waals surface area (Å²) in [4.78, 5) is 15.4. The molecule has 1 spiro atoms. The Kier molecular flexibility index (Phi) is 6.32. The summed E-state index contributed by atoms with van der Waals surface area (Å²) < 4.78 is 5.15. The van der Waals surface area contributed by atoms with E-state index in [4.69, 9.17) is 4.74 Å². The van der Waals surface area contributed by atoms with Crippen molar-refractivity contribution in [3.05, 3.63) is 77.0 Å².